The molecule has 0 aliphatic rings. The zero-order valence-electron chi connectivity index (χ0n) is 14.6. The molecular formula is C18H18N4O3S. The van der Waals surface area contributed by atoms with E-state index in [1.165, 1.54) is 33.3 Å². The van der Waals surface area contributed by atoms with Crippen molar-refractivity contribution in [2.75, 3.05) is 19.8 Å². The van der Waals surface area contributed by atoms with Gasteiger partial charge in [-0.1, -0.05) is 12.1 Å². The maximum Gasteiger partial charge on any atom is 0.242 e. The first kappa shape index (κ1) is 18.0. The Hall–Kier alpha value is -2.84. The van der Waals surface area contributed by atoms with Crippen molar-refractivity contribution in [2.45, 2.75) is 11.8 Å². The smallest absolute Gasteiger partial charge is 0.242 e. The maximum atomic E-state index is 12.3. The molecule has 2 N–H and O–H groups in total. The molecule has 0 fully saturated rings. The molecule has 1 aromatic carbocycles. The van der Waals surface area contributed by atoms with Gasteiger partial charge in [-0.2, -0.15) is 0 Å². The molecule has 2 aromatic heterocycles. The lowest BCUT2D eigenvalue weighted by Crippen LogP contribution is -2.22. The van der Waals surface area contributed by atoms with Crippen molar-refractivity contribution in [1.29, 1.82) is 0 Å². The average molecular weight is 370 g/mol. The summed E-state index contributed by atoms with van der Waals surface area (Å²) in [4.78, 5) is 20.5. The lowest BCUT2D eigenvalue weighted by molar-refractivity contribution is 0.101. The Balaban J connectivity index is 2.18. The van der Waals surface area contributed by atoms with Gasteiger partial charge in [0.25, 0.3) is 0 Å². The fourth-order valence-electron chi connectivity index (χ4n) is 2.60. The van der Waals surface area contributed by atoms with E-state index in [9.17, 15) is 13.2 Å². The van der Waals surface area contributed by atoms with Gasteiger partial charge in [-0.25, -0.2) is 22.7 Å². The number of ketones is 1. The van der Waals surface area contributed by atoms with Gasteiger partial charge >= 0.3 is 0 Å². The van der Waals surface area contributed by atoms with E-state index in [4.69, 9.17) is 5.73 Å². The second kappa shape index (κ2) is 6.47. The quantitative estimate of drug-likeness (QED) is 0.707. The Morgan fingerprint density at radius 2 is 1.88 bits per heavy atom. The topological polar surface area (TPSA) is 106 Å². The monoisotopic (exact) mass is 370 g/mol. The van der Waals surface area contributed by atoms with E-state index in [2.05, 4.69) is 9.97 Å². The predicted molar refractivity (Wildman–Crippen MR) is 100 cm³/mol. The molecule has 0 amide bonds. The highest BCUT2D eigenvalue weighted by molar-refractivity contribution is 7.89. The van der Waals surface area contributed by atoms with Crippen LogP contribution in [-0.4, -0.2) is 42.6 Å². The van der Waals surface area contributed by atoms with Gasteiger partial charge in [-0.15, -0.1) is 0 Å². The van der Waals surface area contributed by atoms with E-state index >= 15 is 0 Å². The van der Waals surface area contributed by atoms with Crippen LogP contribution >= 0.6 is 0 Å². The minimum absolute atomic E-state index is 0.129. The number of benzene rings is 1. The van der Waals surface area contributed by atoms with Crippen LogP contribution in [0.3, 0.4) is 0 Å². The lowest BCUT2D eigenvalue weighted by atomic mass is 10.1. The molecule has 2 heterocycles. The number of carbonyl (C=O) groups is 1. The van der Waals surface area contributed by atoms with E-state index < -0.39 is 10.0 Å². The van der Waals surface area contributed by atoms with Crippen LogP contribution in [0, 0.1) is 0 Å². The summed E-state index contributed by atoms with van der Waals surface area (Å²) in [6.07, 6.45) is 1.44. The van der Waals surface area contributed by atoms with Gasteiger partial charge in [-0.3, -0.25) is 4.79 Å². The normalized spacial score (nSPS) is 11.8. The van der Waals surface area contributed by atoms with Crippen LogP contribution < -0.4 is 5.73 Å². The number of nitrogens with zero attached hydrogens (tertiary/aromatic N) is 3. The molecular weight excluding hydrogens is 352 g/mol. The first-order chi connectivity index (χ1) is 12.2. The fraction of sp³-hybridized carbons (Fsp3) is 0.167. The number of aromatic nitrogens is 2. The van der Waals surface area contributed by atoms with Crippen molar-refractivity contribution in [3.63, 3.8) is 0 Å². The summed E-state index contributed by atoms with van der Waals surface area (Å²) in [6, 6.07) is 9.99. The summed E-state index contributed by atoms with van der Waals surface area (Å²) in [5.41, 5.74) is 7.95. The number of Topliss-reactive ketones (excluding diaryl/α,β-unsaturated/α-hetero) is 1. The van der Waals surface area contributed by atoms with Crippen LogP contribution in [-0.2, 0) is 10.0 Å². The van der Waals surface area contributed by atoms with Gasteiger partial charge in [0.2, 0.25) is 10.0 Å². The molecule has 0 radical (unpaired) electrons. The third kappa shape index (κ3) is 3.04. The molecule has 0 unspecified atom stereocenters. The minimum Gasteiger partial charge on any atom is -0.382 e. The van der Waals surface area contributed by atoms with E-state index in [-0.39, 0.29) is 16.5 Å². The number of pyridine rings is 2. The summed E-state index contributed by atoms with van der Waals surface area (Å²) in [7, 11) is -0.596. The molecule has 0 aliphatic heterocycles. The zero-order chi connectivity index (χ0) is 19.1. The standard InChI is InChI=1S/C18H18N4O3S/c1-11(23)15-10-20-18(19)17-14(15)7-8-16(21-17)12-5-4-6-13(9-12)26(24,25)22(2)3/h4-10H,1-3H3,(H2,19,20). The second-order valence-corrected chi connectivity index (χ2v) is 8.17. The van der Waals surface area contributed by atoms with Crippen LogP contribution in [0.2, 0.25) is 0 Å². The first-order valence-corrected chi connectivity index (χ1v) is 9.25. The number of sulfonamides is 1. The van der Waals surface area contributed by atoms with Crippen molar-refractivity contribution >= 4 is 32.5 Å². The van der Waals surface area contributed by atoms with E-state index in [0.29, 0.717) is 27.7 Å². The van der Waals surface area contributed by atoms with Crippen LogP contribution in [0.15, 0.2) is 47.5 Å². The minimum atomic E-state index is -3.55. The van der Waals surface area contributed by atoms with E-state index in [0.717, 1.165) is 4.31 Å². The highest BCUT2D eigenvalue weighted by Gasteiger charge is 2.18. The van der Waals surface area contributed by atoms with E-state index in [1.54, 1.807) is 30.3 Å². The van der Waals surface area contributed by atoms with Gasteiger partial charge in [0, 0.05) is 36.8 Å². The number of fused-ring (bicyclic) bond motifs is 1. The van der Waals surface area contributed by atoms with Crippen molar-refractivity contribution in [1.82, 2.24) is 14.3 Å². The largest absolute Gasteiger partial charge is 0.382 e. The summed E-state index contributed by atoms with van der Waals surface area (Å²) >= 11 is 0. The van der Waals surface area contributed by atoms with Gasteiger partial charge in [0.15, 0.2) is 5.78 Å². The van der Waals surface area contributed by atoms with Gasteiger partial charge in [0.05, 0.1) is 10.6 Å². The van der Waals surface area contributed by atoms with E-state index in [1.807, 2.05) is 0 Å². The van der Waals surface area contributed by atoms with Crippen LogP contribution in [0.5, 0.6) is 0 Å². The predicted octanol–water partition coefficient (Wildman–Crippen LogP) is 2.33. The summed E-state index contributed by atoms with van der Waals surface area (Å²) in [5, 5.41) is 0.616. The molecule has 0 spiro atoms. The number of nitrogens with two attached hydrogens (primary N) is 1. The first-order valence-electron chi connectivity index (χ1n) is 7.81. The van der Waals surface area contributed by atoms with Crippen LogP contribution in [0.25, 0.3) is 22.2 Å². The third-order valence-electron chi connectivity index (χ3n) is 4.05. The zero-order valence-corrected chi connectivity index (χ0v) is 15.4. The average Bonchev–Trinajstić information content (AvgIpc) is 2.61. The molecule has 0 bridgehead atoms. The van der Waals surface area contributed by atoms with Crippen molar-refractivity contribution in [2.24, 2.45) is 0 Å². The van der Waals surface area contributed by atoms with Gasteiger partial charge in [-0.05, 0) is 31.2 Å². The number of carbonyl (C=O) groups excluding carboxylic acids is 1. The van der Waals surface area contributed by atoms with Gasteiger partial charge in [0.1, 0.15) is 11.3 Å². The Morgan fingerprint density at radius 3 is 2.54 bits per heavy atom. The summed E-state index contributed by atoms with van der Waals surface area (Å²) in [5.74, 6) is 0.0834. The summed E-state index contributed by atoms with van der Waals surface area (Å²) < 4.78 is 25.8. The van der Waals surface area contributed by atoms with Crippen LogP contribution in [0.1, 0.15) is 17.3 Å². The molecule has 0 aliphatic carbocycles. The van der Waals surface area contributed by atoms with Crippen molar-refractivity contribution in [3.8, 4) is 11.3 Å². The highest BCUT2D eigenvalue weighted by Crippen LogP contribution is 2.27. The molecule has 7 nitrogen and oxygen atoms in total. The lowest BCUT2D eigenvalue weighted by Gasteiger charge is -2.12. The number of nitrogen functional groups attached to an aromatic ring is 1. The maximum absolute atomic E-state index is 12.3. The Labute approximate surface area is 151 Å². The molecule has 8 heteroatoms. The van der Waals surface area contributed by atoms with Crippen molar-refractivity contribution < 1.29 is 13.2 Å². The number of anilines is 1. The Kier molecular flexibility index (Phi) is 4.47. The molecule has 3 rings (SSSR count). The molecule has 0 atom stereocenters. The Bertz CT molecular complexity index is 1120. The third-order valence-corrected chi connectivity index (χ3v) is 5.86. The molecule has 134 valence electrons. The number of hydrogen-bond acceptors (Lipinski definition) is 6. The highest BCUT2D eigenvalue weighted by atomic mass is 32.2. The van der Waals surface area contributed by atoms with Crippen LogP contribution in [0.4, 0.5) is 5.82 Å². The SMILES string of the molecule is CC(=O)c1cnc(N)c2nc(-c3cccc(S(=O)(=O)N(C)C)c3)ccc12. The number of rotatable bonds is 4. The molecule has 26 heavy (non-hydrogen) atoms. The van der Waals surface area contributed by atoms with Gasteiger partial charge < -0.3 is 5.73 Å². The summed E-state index contributed by atoms with van der Waals surface area (Å²) in [6.45, 7) is 1.45. The fourth-order valence-corrected chi connectivity index (χ4v) is 3.55. The molecule has 0 saturated carbocycles. The second-order valence-electron chi connectivity index (χ2n) is 6.02. The Morgan fingerprint density at radius 1 is 1.15 bits per heavy atom. The molecule has 3 aromatic rings. The number of hydrogen-bond donors (Lipinski definition) is 1. The molecule has 0 saturated heterocycles. The van der Waals surface area contributed by atoms with Crippen molar-refractivity contribution in [3.05, 3.63) is 48.2 Å².